The maximum Gasteiger partial charge on any atom is 0.252 e. The van der Waals surface area contributed by atoms with Gasteiger partial charge in [0.25, 0.3) is 6.71 Å². The van der Waals surface area contributed by atoms with E-state index in [1.165, 1.54) is 139 Å². The first-order valence-corrected chi connectivity index (χ1v) is 31.4. The van der Waals surface area contributed by atoms with Gasteiger partial charge in [0.15, 0.2) is 0 Å². The van der Waals surface area contributed by atoms with Crippen molar-refractivity contribution in [2.45, 2.75) is 110 Å². The molecule has 2 aliphatic carbocycles. The number of hydrogen-bond acceptors (Lipinski definition) is 2. The summed E-state index contributed by atoms with van der Waals surface area (Å²) < 4.78 is 2.63. The number of rotatable bonds is 4. The third-order valence-electron chi connectivity index (χ3n) is 20.0. The minimum atomic E-state index is -0.535. The van der Waals surface area contributed by atoms with Crippen LogP contribution in [0.15, 0.2) is 231 Å². The zero-order valence-electron chi connectivity index (χ0n) is 52.4. The van der Waals surface area contributed by atoms with Gasteiger partial charge in [0.05, 0.1) is 22.1 Å². The molecule has 2 aliphatic heterocycles. The summed E-state index contributed by atoms with van der Waals surface area (Å²) in [7, 11) is 0. The normalized spacial score (nSPS) is 14.5. The second kappa shape index (κ2) is 18.5. The number of benzene rings is 11. The van der Waals surface area contributed by atoms with Gasteiger partial charge in [-0.25, -0.2) is 0 Å². The van der Waals surface area contributed by atoms with Crippen molar-refractivity contribution < 1.29 is 0 Å². The Balaban J connectivity index is 1.04. The predicted molar refractivity (Wildman–Crippen MR) is 371 cm³/mol. The number of hydrogen-bond donors (Lipinski definition) is 0. The van der Waals surface area contributed by atoms with Gasteiger partial charge in [-0.15, -0.1) is 0 Å². The molecule has 3 heterocycles. The smallest absolute Gasteiger partial charge is 0.252 e. The fraction of sp³-hybridized carbons (Fsp3) is 0.205. The molecular weight excluding hydrogens is 1050 g/mol. The Morgan fingerprint density at radius 1 is 0.310 bits per heavy atom. The molecule has 4 aliphatic rings. The maximum absolute atomic E-state index is 2.63. The van der Waals surface area contributed by atoms with Crippen molar-refractivity contribution >= 4 is 79.0 Å². The Hall–Kier alpha value is -9.12. The summed E-state index contributed by atoms with van der Waals surface area (Å²) in [6, 6.07) is 89.8. The van der Waals surface area contributed by atoms with E-state index in [4.69, 9.17) is 0 Å². The molecule has 0 unspecified atom stereocenters. The molecule has 0 saturated heterocycles. The fourth-order valence-corrected chi connectivity index (χ4v) is 15.7. The molecule has 0 atom stereocenters. The van der Waals surface area contributed by atoms with Gasteiger partial charge in [-0.05, 0) is 165 Å². The molecule has 16 rings (SSSR count). The fourth-order valence-electron chi connectivity index (χ4n) is 15.7. The SMILES string of the molecule is CC(C)(C)c1ccc(N2c3ccc(C(C)(C)C)cc3B3c4cc(C(C)(C)C)ccc4N(c4ccc(C(C)(C)C)cc4)c4cc(-n5c6ccccc6c6cccc(-c7cccc8c7C7(c9ccccc9-c9ccccc97)c7ccccc7-8)c65)cc2c43)cc1. The highest BCUT2D eigenvalue weighted by Crippen LogP contribution is 2.65. The van der Waals surface area contributed by atoms with Crippen LogP contribution < -0.4 is 26.2 Å². The van der Waals surface area contributed by atoms with E-state index in [-0.39, 0.29) is 28.4 Å². The molecule has 0 bridgehead atoms. The molecule has 4 heteroatoms. The molecule has 0 fully saturated rings. The second-order valence-corrected chi connectivity index (χ2v) is 29.3. The summed E-state index contributed by atoms with van der Waals surface area (Å²) in [5.41, 5.74) is 32.2. The van der Waals surface area contributed by atoms with E-state index in [9.17, 15) is 0 Å². The number of nitrogens with zero attached hydrogens (tertiary/aromatic N) is 3. The van der Waals surface area contributed by atoms with E-state index >= 15 is 0 Å². The van der Waals surface area contributed by atoms with Gasteiger partial charge in [0.1, 0.15) is 0 Å². The highest BCUT2D eigenvalue weighted by Gasteiger charge is 2.53. The molecule has 1 aromatic heterocycles. The van der Waals surface area contributed by atoms with Gasteiger partial charge < -0.3 is 14.4 Å². The van der Waals surface area contributed by atoms with Crippen LogP contribution in [0.5, 0.6) is 0 Å². The monoisotopic (exact) mass is 1120 g/mol. The number of aromatic nitrogens is 1. The minimum absolute atomic E-state index is 0.0122. The number of fused-ring (bicyclic) bond motifs is 17. The van der Waals surface area contributed by atoms with E-state index in [0.29, 0.717) is 0 Å². The van der Waals surface area contributed by atoms with Gasteiger partial charge >= 0.3 is 0 Å². The minimum Gasteiger partial charge on any atom is -0.311 e. The van der Waals surface area contributed by atoms with E-state index < -0.39 is 5.41 Å². The third-order valence-corrected chi connectivity index (χ3v) is 20.0. The van der Waals surface area contributed by atoms with Crippen LogP contribution in [0.4, 0.5) is 34.1 Å². The number of para-hydroxylation sites is 2. The van der Waals surface area contributed by atoms with E-state index in [1.807, 2.05) is 0 Å². The highest BCUT2D eigenvalue weighted by molar-refractivity contribution is 7.00. The standard InChI is InChI=1S/C83H74BN3/c1-79(2,3)51-35-41-55(42-36-51)85-72-45-39-53(81(7,8)9)47-69(72)84-70-48-54(82(10,11)12)40-46-73(70)86(56-43-37-52(38-44-56)80(4,5)6)75-50-57(49-74(85)77(75)84)87-71-34-20-16-26-61(71)64-29-22-30-65(78(64)87)63-28-21-27-62-60-25-15-19-33-68(60)83(76(62)63)66-31-17-13-23-58(66)59-24-14-18-32-67(59)83/h13-50H,1-12H3. The summed E-state index contributed by atoms with van der Waals surface area (Å²) in [6.45, 7) is 28.0. The maximum atomic E-state index is 2.63. The zero-order chi connectivity index (χ0) is 59.8. The van der Waals surface area contributed by atoms with Gasteiger partial charge in [0, 0.05) is 50.5 Å². The average molecular weight is 1120 g/mol. The van der Waals surface area contributed by atoms with Crippen molar-refractivity contribution in [1.82, 2.24) is 4.57 Å². The first kappa shape index (κ1) is 53.4. The largest absolute Gasteiger partial charge is 0.311 e. The average Bonchev–Trinajstić information content (AvgIpc) is 1.60. The molecule has 3 nitrogen and oxygen atoms in total. The van der Waals surface area contributed by atoms with Crippen molar-refractivity contribution in [3.8, 4) is 39.1 Å². The summed E-state index contributed by atoms with van der Waals surface area (Å²) in [5, 5.41) is 2.45. The predicted octanol–water partition coefficient (Wildman–Crippen LogP) is 20.1. The molecule has 11 aromatic carbocycles. The Morgan fingerprint density at radius 3 is 1.17 bits per heavy atom. The van der Waals surface area contributed by atoms with E-state index in [1.54, 1.807) is 0 Å². The summed E-state index contributed by atoms with van der Waals surface area (Å²) in [5.74, 6) is 0. The molecule has 0 N–H and O–H groups in total. The second-order valence-electron chi connectivity index (χ2n) is 29.3. The molecule has 1 spiro atoms. The van der Waals surface area contributed by atoms with Crippen LogP contribution in [0.3, 0.4) is 0 Å². The van der Waals surface area contributed by atoms with Crippen LogP contribution in [-0.4, -0.2) is 11.3 Å². The van der Waals surface area contributed by atoms with Crippen molar-refractivity contribution in [3.05, 3.63) is 275 Å². The third kappa shape index (κ3) is 7.68. The lowest BCUT2D eigenvalue weighted by atomic mass is 9.33. The van der Waals surface area contributed by atoms with Crippen molar-refractivity contribution in [1.29, 1.82) is 0 Å². The molecule has 87 heavy (non-hydrogen) atoms. The van der Waals surface area contributed by atoms with Crippen LogP contribution >= 0.6 is 0 Å². The summed E-state index contributed by atoms with van der Waals surface area (Å²) >= 11 is 0. The molecule has 0 radical (unpaired) electrons. The molecule has 12 aromatic rings. The van der Waals surface area contributed by atoms with Crippen molar-refractivity contribution in [3.63, 3.8) is 0 Å². The number of anilines is 6. The molecule has 424 valence electrons. The Kier molecular flexibility index (Phi) is 11.3. The Bertz CT molecular complexity index is 4640. The van der Waals surface area contributed by atoms with Gasteiger partial charge in [-0.3, -0.25) is 0 Å². The molecule has 0 saturated carbocycles. The first-order valence-electron chi connectivity index (χ1n) is 31.4. The van der Waals surface area contributed by atoms with E-state index in [2.05, 4.69) is 328 Å². The molecular formula is C83H74BN3. The summed E-state index contributed by atoms with van der Waals surface area (Å²) in [4.78, 5) is 5.22. The van der Waals surface area contributed by atoms with Crippen LogP contribution in [0, 0.1) is 0 Å². The lowest BCUT2D eigenvalue weighted by Crippen LogP contribution is -2.61. The van der Waals surface area contributed by atoms with Crippen molar-refractivity contribution in [2.75, 3.05) is 9.80 Å². The van der Waals surface area contributed by atoms with Crippen LogP contribution in [0.1, 0.15) is 128 Å². The van der Waals surface area contributed by atoms with Crippen molar-refractivity contribution in [2.24, 2.45) is 0 Å². The van der Waals surface area contributed by atoms with Gasteiger partial charge in [-0.1, -0.05) is 259 Å². The lowest BCUT2D eigenvalue weighted by Gasteiger charge is -2.45. The lowest BCUT2D eigenvalue weighted by molar-refractivity contribution is 0.590. The quantitative estimate of drug-likeness (QED) is 0.163. The van der Waals surface area contributed by atoms with Crippen LogP contribution in [0.25, 0.3) is 60.9 Å². The Labute approximate surface area is 514 Å². The summed E-state index contributed by atoms with van der Waals surface area (Å²) in [6.07, 6.45) is 0. The van der Waals surface area contributed by atoms with Crippen LogP contribution in [0.2, 0.25) is 0 Å². The van der Waals surface area contributed by atoms with Crippen LogP contribution in [-0.2, 0) is 27.1 Å². The molecule has 0 amide bonds. The van der Waals surface area contributed by atoms with Gasteiger partial charge in [-0.2, -0.15) is 0 Å². The van der Waals surface area contributed by atoms with E-state index in [0.717, 1.165) is 17.1 Å². The topological polar surface area (TPSA) is 11.4 Å². The zero-order valence-corrected chi connectivity index (χ0v) is 52.4. The Morgan fingerprint density at radius 2 is 0.690 bits per heavy atom. The first-order chi connectivity index (χ1) is 41.7. The highest BCUT2D eigenvalue weighted by atomic mass is 15.2. The van der Waals surface area contributed by atoms with Gasteiger partial charge in [0.2, 0.25) is 0 Å².